The van der Waals surface area contributed by atoms with E-state index in [0.717, 1.165) is 27.8 Å². The molecule has 0 spiro atoms. The van der Waals surface area contributed by atoms with Crippen molar-refractivity contribution in [1.29, 1.82) is 0 Å². The molecule has 1 saturated carbocycles. The maximum absolute atomic E-state index is 12.1. The fourth-order valence-corrected chi connectivity index (χ4v) is 4.42. The Morgan fingerprint density at radius 3 is 2.78 bits per heavy atom. The molecule has 1 unspecified atom stereocenters. The van der Waals surface area contributed by atoms with Gasteiger partial charge in [-0.05, 0) is 30.4 Å². The van der Waals surface area contributed by atoms with Gasteiger partial charge in [0.2, 0.25) is 5.91 Å². The van der Waals surface area contributed by atoms with Gasteiger partial charge in [-0.25, -0.2) is 0 Å². The summed E-state index contributed by atoms with van der Waals surface area (Å²) in [5.74, 6) is 0.490. The molecule has 1 amide bonds. The Balaban J connectivity index is 1.43. The van der Waals surface area contributed by atoms with Gasteiger partial charge in [0.05, 0.1) is 6.54 Å². The highest BCUT2D eigenvalue weighted by Crippen LogP contribution is 2.29. The molecule has 1 heterocycles. The quantitative estimate of drug-likeness (QED) is 0.453. The lowest BCUT2D eigenvalue weighted by Gasteiger charge is -2.23. The van der Waals surface area contributed by atoms with Gasteiger partial charge in [-0.3, -0.25) is 9.79 Å². The summed E-state index contributed by atoms with van der Waals surface area (Å²) in [7, 11) is 1.65. The van der Waals surface area contributed by atoms with Crippen LogP contribution in [0.5, 0.6) is 0 Å². The van der Waals surface area contributed by atoms with Gasteiger partial charge < -0.3 is 21.1 Å². The number of guanidine groups is 1. The number of aliphatic hydroxyl groups excluding tert-OH is 1. The Morgan fingerprint density at radius 2 is 2.04 bits per heavy atom. The maximum atomic E-state index is 12.1. The van der Waals surface area contributed by atoms with Gasteiger partial charge in [-0.2, -0.15) is 0 Å². The third kappa shape index (κ3) is 5.68. The second-order valence-corrected chi connectivity index (χ2v) is 8.03. The Bertz CT molecular complexity index is 750. The average molecular weight is 389 g/mol. The Labute approximate surface area is 164 Å². The molecule has 0 aliphatic heterocycles. The number of fused-ring (bicyclic) bond motifs is 1. The highest BCUT2D eigenvalue weighted by atomic mass is 32.1. The number of nitrogens with one attached hydrogen (secondary N) is 3. The summed E-state index contributed by atoms with van der Waals surface area (Å²) in [5.41, 5.74) is 0. The number of benzene rings is 1. The molecule has 1 atom stereocenters. The molecule has 4 N–H and O–H groups in total. The molecule has 0 saturated heterocycles. The Hall–Kier alpha value is -2.12. The summed E-state index contributed by atoms with van der Waals surface area (Å²) >= 11 is 1.59. The summed E-state index contributed by atoms with van der Waals surface area (Å²) in [6.07, 6.45) is 5.16. The van der Waals surface area contributed by atoms with Crippen molar-refractivity contribution in [3.05, 3.63) is 35.2 Å². The van der Waals surface area contributed by atoms with E-state index in [1.54, 1.807) is 18.4 Å². The zero-order valence-corrected chi connectivity index (χ0v) is 16.5. The molecule has 0 bridgehead atoms. The van der Waals surface area contributed by atoms with Gasteiger partial charge in [0.1, 0.15) is 6.10 Å². The predicted octanol–water partition coefficient (Wildman–Crippen LogP) is 2.55. The molecule has 1 aromatic heterocycles. The van der Waals surface area contributed by atoms with E-state index < -0.39 is 6.10 Å². The van der Waals surface area contributed by atoms with Crippen LogP contribution in [-0.4, -0.2) is 43.2 Å². The van der Waals surface area contributed by atoms with Crippen molar-refractivity contribution in [1.82, 2.24) is 16.0 Å². The molecular formula is C20H28N4O2S. The van der Waals surface area contributed by atoms with Gasteiger partial charge in [0.15, 0.2) is 5.96 Å². The van der Waals surface area contributed by atoms with E-state index in [2.05, 4.69) is 27.0 Å². The molecule has 6 nitrogen and oxygen atoms in total. The molecule has 27 heavy (non-hydrogen) atoms. The standard InChI is InChI=1S/C20H28N4O2S/c1-21-20(23-13-19(26)24-15-8-3-2-4-9-15)22-12-16(25)18-11-14-7-5-6-10-17(14)27-18/h5-7,10-11,15-16,25H,2-4,8-9,12-13H2,1H3,(H,24,26)(H2,21,22,23). The third-order valence-electron chi connectivity index (χ3n) is 4.85. The second-order valence-electron chi connectivity index (χ2n) is 6.91. The topological polar surface area (TPSA) is 85.8 Å². The first kappa shape index (κ1) is 19.6. The number of aliphatic imine (C=N–C) groups is 1. The number of carbonyl (C=O) groups is 1. The number of rotatable bonds is 6. The lowest BCUT2D eigenvalue weighted by molar-refractivity contribution is -0.120. The van der Waals surface area contributed by atoms with Crippen LogP contribution in [0.3, 0.4) is 0 Å². The minimum atomic E-state index is -0.628. The SMILES string of the molecule is CN=C(NCC(=O)NC1CCCCC1)NCC(O)c1cc2ccccc2s1. The summed E-state index contributed by atoms with van der Waals surface area (Å²) < 4.78 is 1.16. The van der Waals surface area contributed by atoms with Crippen LogP contribution in [0.4, 0.5) is 0 Å². The first-order chi connectivity index (χ1) is 13.2. The van der Waals surface area contributed by atoms with E-state index >= 15 is 0 Å². The van der Waals surface area contributed by atoms with Crippen LogP contribution in [0.15, 0.2) is 35.3 Å². The highest BCUT2D eigenvalue weighted by molar-refractivity contribution is 7.19. The van der Waals surface area contributed by atoms with Crippen molar-refractivity contribution >= 4 is 33.3 Å². The zero-order chi connectivity index (χ0) is 19.1. The molecular weight excluding hydrogens is 360 g/mol. The summed E-state index contributed by atoms with van der Waals surface area (Å²) in [6.45, 7) is 0.506. The second kappa shape index (κ2) is 9.71. The van der Waals surface area contributed by atoms with Crippen molar-refractivity contribution in [3.63, 3.8) is 0 Å². The number of nitrogens with zero attached hydrogens (tertiary/aromatic N) is 1. The Morgan fingerprint density at radius 1 is 1.26 bits per heavy atom. The molecule has 1 aliphatic rings. The van der Waals surface area contributed by atoms with E-state index in [4.69, 9.17) is 0 Å². The van der Waals surface area contributed by atoms with E-state index in [0.29, 0.717) is 18.5 Å². The fraction of sp³-hybridized carbons (Fsp3) is 0.500. The molecule has 3 rings (SSSR count). The first-order valence-electron chi connectivity index (χ1n) is 9.56. The molecule has 1 fully saturated rings. The number of thiophene rings is 1. The van der Waals surface area contributed by atoms with Crippen LogP contribution in [-0.2, 0) is 4.79 Å². The summed E-state index contributed by atoms with van der Waals surface area (Å²) in [4.78, 5) is 17.1. The molecule has 1 aliphatic carbocycles. The number of hydrogen-bond acceptors (Lipinski definition) is 4. The van der Waals surface area contributed by atoms with E-state index in [1.807, 2.05) is 24.3 Å². The van der Waals surface area contributed by atoms with Crippen LogP contribution < -0.4 is 16.0 Å². The van der Waals surface area contributed by atoms with Crippen molar-refractivity contribution in [3.8, 4) is 0 Å². The van der Waals surface area contributed by atoms with Crippen molar-refractivity contribution in [2.75, 3.05) is 20.1 Å². The molecule has 2 aromatic rings. The number of aliphatic hydroxyl groups is 1. The van der Waals surface area contributed by atoms with Gasteiger partial charge in [0.25, 0.3) is 0 Å². The molecule has 1 aromatic carbocycles. The zero-order valence-electron chi connectivity index (χ0n) is 15.7. The van der Waals surface area contributed by atoms with E-state index in [9.17, 15) is 9.90 Å². The molecule has 7 heteroatoms. The number of carbonyl (C=O) groups excluding carboxylic acids is 1. The monoisotopic (exact) mass is 388 g/mol. The first-order valence-corrected chi connectivity index (χ1v) is 10.4. The van der Waals surface area contributed by atoms with Gasteiger partial charge >= 0.3 is 0 Å². The van der Waals surface area contributed by atoms with Crippen LogP contribution >= 0.6 is 11.3 Å². The van der Waals surface area contributed by atoms with Crippen molar-refractivity contribution < 1.29 is 9.90 Å². The Kier molecular flexibility index (Phi) is 7.06. The normalized spacial score (nSPS) is 16.9. The largest absolute Gasteiger partial charge is 0.386 e. The maximum Gasteiger partial charge on any atom is 0.239 e. The van der Waals surface area contributed by atoms with Crippen LogP contribution in [0, 0.1) is 0 Å². The molecule has 0 radical (unpaired) electrons. The smallest absolute Gasteiger partial charge is 0.239 e. The van der Waals surface area contributed by atoms with Crippen molar-refractivity contribution in [2.45, 2.75) is 44.2 Å². The van der Waals surface area contributed by atoms with Crippen molar-refractivity contribution in [2.24, 2.45) is 4.99 Å². The lowest BCUT2D eigenvalue weighted by Crippen LogP contribution is -2.46. The fourth-order valence-electron chi connectivity index (χ4n) is 3.37. The van der Waals surface area contributed by atoms with Gasteiger partial charge in [-0.15, -0.1) is 11.3 Å². The highest BCUT2D eigenvalue weighted by Gasteiger charge is 2.16. The minimum Gasteiger partial charge on any atom is -0.386 e. The number of amides is 1. The van der Waals surface area contributed by atoms with Gasteiger partial charge in [0, 0.05) is 29.2 Å². The van der Waals surface area contributed by atoms with Gasteiger partial charge in [-0.1, -0.05) is 37.5 Å². The summed E-state index contributed by atoms with van der Waals surface area (Å²) in [6, 6.07) is 10.4. The summed E-state index contributed by atoms with van der Waals surface area (Å²) in [5, 5.41) is 20.8. The third-order valence-corrected chi connectivity index (χ3v) is 6.06. The molecule has 146 valence electrons. The average Bonchev–Trinajstić information content (AvgIpc) is 3.13. The number of hydrogen-bond donors (Lipinski definition) is 4. The van der Waals surface area contributed by atoms with E-state index in [-0.39, 0.29) is 12.5 Å². The predicted molar refractivity (Wildman–Crippen MR) is 111 cm³/mol. The lowest BCUT2D eigenvalue weighted by atomic mass is 9.95. The van der Waals surface area contributed by atoms with E-state index in [1.165, 1.54) is 19.3 Å². The minimum absolute atomic E-state index is 0.0186. The van der Waals surface area contributed by atoms with Crippen LogP contribution in [0.2, 0.25) is 0 Å². The van der Waals surface area contributed by atoms with Crippen LogP contribution in [0.25, 0.3) is 10.1 Å². The van der Waals surface area contributed by atoms with Crippen LogP contribution in [0.1, 0.15) is 43.1 Å².